The molecular weight excluding hydrogens is 248 g/mol. The predicted octanol–water partition coefficient (Wildman–Crippen LogP) is 0.216. The molecule has 2 amide bonds. The summed E-state index contributed by atoms with van der Waals surface area (Å²) >= 11 is 0. The van der Waals surface area contributed by atoms with Gasteiger partial charge in [-0.25, -0.2) is 0 Å². The lowest BCUT2D eigenvalue weighted by atomic mass is 10.0. The first-order valence-corrected chi connectivity index (χ1v) is 6.25. The van der Waals surface area contributed by atoms with E-state index >= 15 is 0 Å². The molecule has 0 fully saturated rings. The summed E-state index contributed by atoms with van der Waals surface area (Å²) in [5.74, 6) is -0.807. The molecule has 1 unspecified atom stereocenters. The molecule has 1 aromatic heterocycles. The monoisotopic (exact) mass is 268 g/mol. The number of hydrogen-bond acceptors (Lipinski definition) is 4. The molecule has 1 rings (SSSR count). The summed E-state index contributed by atoms with van der Waals surface area (Å²) in [7, 11) is 0. The highest BCUT2D eigenvalue weighted by atomic mass is 16.3. The van der Waals surface area contributed by atoms with Gasteiger partial charge in [0.05, 0.1) is 11.9 Å². The SMILES string of the molecule is CCCNC(=O)C(=O)NCC(C)(O)Cc1ccco1. The highest BCUT2D eigenvalue weighted by Gasteiger charge is 2.24. The molecule has 0 aliphatic rings. The van der Waals surface area contributed by atoms with Crippen molar-refractivity contribution in [1.29, 1.82) is 0 Å². The minimum absolute atomic E-state index is 0.0217. The van der Waals surface area contributed by atoms with Crippen molar-refractivity contribution in [3.63, 3.8) is 0 Å². The van der Waals surface area contributed by atoms with Crippen LogP contribution in [-0.4, -0.2) is 35.6 Å². The van der Waals surface area contributed by atoms with Gasteiger partial charge in [0.1, 0.15) is 5.76 Å². The van der Waals surface area contributed by atoms with Crippen LogP contribution in [0.2, 0.25) is 0 Å². The van der Waals surface area contributed by atoms with E-state index in [2.05, 4.69) is 10.6 Å². The Morgan fingerprint density at radius 1 is 1.37 bits per heavy atom. The van der Waals surface area contributed by atoms with Gasteiger partial charge in [-0.3, -0.25) is 9.59 Å². The quantitative estimate of drug-likeness (QED) is 0.643. The first-order valence-electron chi connectivity index (χ1n) is 6.25. The number of amides is 2. The summed E-state index contributed by atoms with van der Waals surface area (Å²) in [5.41, 5.74) is -1.17. The second-order valence-electron chi connectivity index (χ2n) is 4.69. The molecule has 6 nitrogen and oxygen atoms in total. The number of rotatable bonds is 6. The minimum Gasteiger partial charge on any atom is -0.469 e. The summed E-state index contributed by atoms with van der Waals surface area (Å²) < 4.78 is 5.12. The third kappa shape index (κ3) is 5.56. The van der Waals surface area contributed by atoms with Crippen LogP contribution in [0.15, 0.2) is 22.8 Å². The van der Waals surface area contributed by atoms with Gasteiger partial charge in [0.15, 0.2) is 0 Å². The van der Waals surface area contributed by atoms with Crippen LogP contribution in [0.3, 0.4) is 0 Å². The highest BCUT2D eigenvalue weighted by molar-refractivity contribution is 6.35. The Kier molecular flexibility index (Phi) is 5.57. The van der Waals surface area contributed by atoms with Crippen LogP contribution < -0.4 is 10.6 Å². The Labute approximate surface area is 112 Å². The van der Waals surface area contributed by atoms with Crippen molar-refractivity contribution in [1.82, 2.24) is 10.6 Å². The average molecular weight is 268 g/mol. The molecule has 106 valence electrons. The van der Waals surface area contributed by atoms with E-state index in [1.165, 1.54) is 6.26 Å². The number of furan rings is 1. The van der Waals surface area contributed by atoms with Crippen LogP contribution in [0, 0.1) is 0 Å². The lowest BCUT2D eigenvalue weighted by molar-refractivity contribution is -0.139. The maximum Gasteiger partial charge on any atom is 0.309 e. The van der Waals surface area contributed by atoms with E-state index in [0.29, 0.717) is 12.3 Å². The summed E-state index contributed by atoms with van der Waals surface area (Å²) in [6, 6.07) is 3.46. The lowest BCUT2D eigenvalue weighted by Gasteiger charge is -2.22. The maximum atomic E-state index is 11.4. The van der Waals surface area contributed by atoms with E-state index < -0.39 is 17.4 Å². The van der Waals surface area contributed by atoms with Crippen LogP contribution in [-0.2, 0) is 16.0 Å². The van der Waals surface area contributed by atoms with Crippen LogP contribution in [0.1, 0.15) is 26.0 Å². The molecule has 3 N–H and O–H groups in total. The molecule has 0 aliphatic heterocycles. The molecule has 1 heterocycles. The highest BCUT2D eigenvalue weighted by Crippen LogP contribution is 2.12. The van der Waals surface area contributed by atoms with Crippen molar-refractivity contribution >= 4 is 11.8 Å². The lowest BCUT2D eigenvalue weighted by Crippen LogP contribution is -2.47. The first-order chi connectivity index (χ1) is 8.94. The fourth-order valence-corrected chi connectivity index (χ4v) is 1.52. The van der Waals surface area contributed by atoms with Gasteiger partial charge in [-0.15, -0.1) is 0 Å². The fraction of sp³-hybridized carbons (Fsp3) is 0.538. The van der Waals surface area contributed by atoms with Crippen molar-refractivity contribution in [3.8, 4) is 0 Å². The number of carbonyl (C=O) groups excluding carboxylic acids is 2. The Balaban J connectivity index is 2.37. The molecule has 1 aromatic rings. The Morgan fingerprint density at radius 2 is 2.05 bits per heavy atom. The summed E-state index contributed by atoms with van der Waals surface area (Å²) in [6.45, 7) is 3.90. The van der Waals surface area contributed by atoms with E-state index in [4.69, 9.17) is 4.42 Å². The van der Waals surface area contributed by atoms with Crippen molar-refractivity contribution < 1.29 is 19.1 Å². The molecule has 0 saturated heterocycles. The van der Waals surface area contributed by atoms with Crippen molar-refractivity contribution in [2.24, 2.45) is 0 Å². The van der Waals surface area contributed by atoms with Crippen LogP contribution in [0.25, 0.3) is 0 Å². The van der Waals surface area contributed by atoms with Gasteiger partial charge >= 0.3 is 11.8 Å². The first kappa shape index (κ1) is 15.2. The van der Waals surface area contributed by atoms with Crippen molar-refractivity contribution in [2.45, 2.75) is 32.3 Å². The van der Waals surface area contributed by atoms with Gasteiger partial charge in [0.25, 0.3) is 0 Å². The average Bonchev–Trinajstić information content (AvgIpc) is 2.85. The van der Waals surface area contributed by atoms with Crippen LogP contribution >= 0.6 is 0 Å². The van der Waals surface area contributed by atoms with Crippen LogP contribution in [0.4, 0.5) is 0 Å². The largest absolute Gasteiger partial charge is 0.469 e. The number of carbonyl (C=O) groups is 2. The molecule has 19 heavy (non-hydrogen) atoms. The van der Waals surface area contributed by atoms with Crippen LogP contribution in [0.5, 0.6) is 0 Å². The van der Waals surface area contributed by atoms with Crippen molar-refractivity contribution in [2.75, 3.05) is 13.1 Å². The second kappa shape index (κ2) is 6.94. The standard InChI is InChI=1S/C13H20N2O4/c1-3-6-14-11(16)12(17)15-9-13(2,18)8-10-5-4-7-19-10/h4-5,7,18H,3,6,8-9H2,1-2H3,(H,14,16)(H,15,17). The topological polar surface area (TPSA) is 91.6 Å². The molecule has 6 heteroatoms. The Morgan fingerprint density at radius 3 is 2.63 bits per heavy atom. The smallest absolute Gasteiger partial charge is 0.309 e. The van der Waals surface area contributed by atoms with Gasteiger partial charge in [-0.05, 0) is 25.5 Å². The molecule has 1 atom stereocenters. The van der Waals surface area contributed by atoms with E-state index in [-0.39, 0.29) is 13.0 Å². The molecule has 0 bridgehead atoms. The van der Waals surface area contributed by atoms with E-state index in [1.54, 1.807) is 19.1 Å². The molecule has 0 aliphatic carbocycles. The predicted molar refractivity (Wildman–Crippen MR) is 69.3 cm³/mol. The molecule has 0 radical (unpaired) electrons. The van der Waals surface area contributed by atoms with Gasteiger partial charge < -0.3 is 20.2 Å². The third-order valence-electron chi connectivity index (χ3n) is 2.51. The molecule has 0 aromatic carbocycles. The molecule has 0 saturated carbocycles. The third-order valence-corrected chi connectivity index (χ3v) is 2.51. The number of aliphatic hydroxyl groups is 1. The summed E-state index contributed by atoms with van der Waals surface area (Å²) in [4.78, 5) is 22.8. The zero-order valence-corrected chi connectivity index (χ0v) is 11.2. The second-order valence-corrected chi connectivity index (χ2v) is 4.69. The van der Waals surface area contributed by atoms with Gasteiger partial charge in [-0.2, -0.15) is 0 Å². The van der Waals surface area contributed by atoms with E-state index in [1.807, 2.05) is 6.92 Å². The molecular formula is C13H20N2O4. The normalized spacial score (nSPS) is 13.6. The van der Waals surface area contributed by atoms with E-state index in [9.17, 15) is 14.7 Å². The van der Waals surface area contributed by atoms with Gasteiger partial charge in [0, 0.05) is 19.5 Å². The maximum absolute atomic E-state index is 11.4. The van der Waals surface area contributed by atoms with Gasteiger partial charge in [-0.1, -0.05) is 6.92 Å². The minimum atomic E-state index is -1.17. The fourth-order valence-electron chi connectivity index (χ4n) is 1.52. The Hall–Kier alpha value is -1.82. The Bertz CT molecular complexity index is 412. The zero-order chi connectivity index (χ0) is 14.3. The van der Waals surface area contributed by atoms with E-state index in [0.717, 1.165) is 6.42 Å². The summed E-state index contributed by atoms with van der Waals surface area (Å²) in [5, 5.41) is 15.0. The zero-order valence-electron chi connectivity index (χ0n) is 11.2. The van der Waals surface area contributed by atoms with Gasteiger partial charge in [0.2, 0.25) is 0 Å². The summed E-state index contributed by atoms with van der Waals surface area (Å²) in [6.07, 6.45) is 2.54. The van der Waals surface area contributed by atoms with Crippen molar-refractivity contribution in [3.05, 3.63) is 24.2 Å². The number of hydrogen-bond donors (Lipinski definition) is 3. The number of nitrogens with one attached hydrogen (secondary N) is 2. The molecule has 0 spiro atoms.